The van der Waals surface area contributed by atoms with Gasteiger partial charge in [0.2, 0.25) is 5.91 Å². The van der Waals surface area contributed by atoms with Gasteiger partial charge < -0.3 is 14.8 Å². The molecule has 2 heterocycles. The largest absolute Gasteiger partial charge is 0.351 e. The Morgan fingerprint density at radius 3 is 2.68 bits per heavy atom. The number of aryl methyl sites for hydroxylation is 1. The van der Waals surface area contributed by atoms with E-state index in [4.69, 9.17) is 0 Å². The van der Waals surface area contributed by atoms with E-state index >= 15 is 0 Å². The second-order valence-electron chi connectivity index (χ2n) is 5.92. The average Bonchev–Trinajstić information content (AvgIpc) is 3.09. The monoisotopic (exact) mass is 362 g/mol. The number of nitrogens with zero attached hydrogens (tertiary/aromatic N) is 3. The summed E-state index contributed by atoms with van der Waals surface area (Å²) in [6, 6.07) is 4.10. The minimum atomic E-state index is -0.433. The van der Waals surface area contributed by atoms with Crippen LogP contribution in [0.4, 0.5) is 0 Å². The van der Waals surface area contributed by atoms with Crippen LogP contribution >= 0.6 is 11.3 Å². The van der Waals surface area contributed by atoms with Crippen molar-refractivity contribution in [1.82, 2.24) is 19.4 Å². The standard InChI is InChI=1S/C17H22N4O3S/c1-19(2)13(14-6-5-9-25-14)10-18-15(22)8-7-12-11-20(3)17(24)21(4)16(12)23/h5-9,11,13H,10H2,1-4H3,(H,18,22)/b8-7+. The Kier molecular flexibility index (Phi) is 6.11. The second-order valence-corrected chi connectivity index (χ2v) is 6.89. The Hall–Kier alpha value is -2.45. The fourth-order valence-corrected chi connectivity index (χ4v) is 3.31. The first kappa shape index (κ1) is 18.9. The lowest BCUT2D eigenvalue weighted by Crippen LogP contribution is -2.37. The molecular weight excluding hydrogens is 340 g/mol. The average molecular weight is 362 g/mol. The molecule has 1 unspecified atom stereocenters. The molecule has 2 rings (SSSR count). The summed E-state index contributed by atoms with van der Waals surface area (Å²) in [6.45, 7) is 0.460. The maximum atomic E-state index is 12.1. The summed E-state index contributed by atoms with van der Waals surface area (Å²) in [5.41, 5.74) is -0.560. The molecule has 0 aliphatic rings. The van der Waals surface area contributed by atoms with Gasteiger partial charge in [0.15, 0.2) is 0 Å². The molecule has 8 heteroatoms. The number of carbonyl (C=O) groups excluding carboxylic acids is 1. The first-order valence-corrected chi connectivity index (χ1v) is 8.61. The summed E-state index contributed by atoms with van der Waals surface area (Å²) in [6.07, 6.45) is 4.15. The van der Waals surface area contributed by atoms with Gasteiger partial charge in [0, 0.05) is 37.8 Å². The molecule has 1 atom stereocenters. The van der Waals surface area contributed by atoms with Crippen LogP contribution < -0.4 is 16.6 Å². The molecule has 25 heavy (non-hydrogen) atoms. The molecule has 0 fully saturated rings. The van der Waals surface area contributed by atoms with Crippen molar-refractivity contribution in [3.05, 3.63) is 61.1 Å². The van der Waals surface area contributed by atoms with E-state index in [0.29, 0.717) is 6.54 Å². The number of likely N-dealkylation sites (N-methyl/N-ethyl adjacent to an activating group) is 1. The van der Waals surface area contributed by atoms with Crippen molar-refractivity contribution in [3.8, 4) is 0 Å². The van der Waals surface area contributed by atoms with Gasteiger partial charge in [-0.1, -0.05) is 6.07 Å². The third-order valence-corrected chi connectivity index (χ3v) is 4.83. The van der Waals surface area contributed by atoms with Gasteiger partial charge in [-0.2, -0.15) is 0 Å². The number of aromatic nitrogens is 2. The molecule has 1 N–H and O–H groups in total. The Balaban J connectivity index is 2.06. The van der Waals surface area contributed by atoms with Crippen molar-refractivity contribution in [2.45, 2.75) is 6.04 Å². The maximum Gasteiger partial charge on any atom is 0.330 e. The molecular formula is C17H22N4O3S. The van der Waals surface area contributed by atoms with Gasteiger partial charge in [-0.25, -0.2) is 4.79 Å². The third kappa shape index (κ3) is 4.55. The lowest BCUT2D eigenvalue weighted by molar-refractivity contribution is -0.116. The van der Waals surface area contributed by atoms with Gasteiger partial charge in [0.25, 0.3) is 5.56 Å². The van der Waals surface area contributed by atoms with E-state index in [9.17, 15) is 14.4 Å². The predicted molar refractivity (Wildman–Crippen MR) is 99.7 cm³/mol. The molecule has 0 saturated carbocycles. The first-order valence-electron chi connectivity index (χ1n) is 7.73. The summed E-state index contributed by atoms with van der Waals surface area (Å²) in [4.78, 5) is 39.0. The molecule has 0 spiro atoms. The van der Waals surface area contributed by atoms with Crippen LogP contribution in [0.15, 0.2) is 39.4 Å². The number of hydrogen-bond acceptors (Lipinski definition) is 5. The molecule has 134 valence electrons. The summed E-state index contributed by atoms with van der Waals surface area (Å²) in [5, 5.41) is 4.85. The summed E-state index contributed by atoms with van der Waals surface area (Å²) in [5.74, 6) is -0.292. The summed E-state index contributed by atoms with van der Waals surface area (Å²) < 4.78 is 2.31. The van der Waals surface area contributed by atoms with Gasteiger partial charge in [-0.3, -0.25) is 14.2 Å². The zero-order valence-corrected chi connectivity index (χ0v) is 15.5. The zero-order chi connectivity index (χ0) is 18.6. The zero-order valence-electron chi connectivity index (χ0n) is 14.7. The van der Waals surface area contributed by atoms with Crippen molar-refractivity contribution < 1.29 is 4.79 Å². The summed E-state index contributed by atoms with van der Waals surface area (Å²) in [7, 11) is 6.88. The SMILES string of the molecule is CN(C)C(CNC(=O)/C=C/c1cn(C)c(=O)n(C)c1=O)c1cccs1. The van der Waals surface area contributed by atoms with Gasteiger partial charge in [-0.15, -0.1) is 11.3 Å². The van der Waals surface area contributed by atoms with Gasteiger partial charge in [0.1, 0.15) is 0 Å². The molecule has 0 aliphatic carbocycles. The second kappa shape index (κ2) is 8.09. The summed E-state index contributed by atoms with van der Waals surface area (Å²) >= 11 is 1.64. The van der Waals surface area contributed by atoms with Crippen molar-refractivity contribution in [2.75, 3.05) is 20.6 Å². The number of carbonyl (C=O) groups is 1. The van der Waals surface area contributed by atoms with Crippen molar-refractivity contribution in [1.29, 1.82) is 0 Å². The number of thiophene rings is 1. The topological polar surface area (TPSA) is 76.3 Å². The third-order valence-electron chi connectivity index (χ3n) is 3.85. The van der Waals surface area contributed by atoms with E-state index in [1.165, 1.54) is 34.8 Å². The van der Waals surface area contributed by atoms with Crippen molar-refractivity contribution >= 4 is 23.3 Å². The van der Waals surface area contributed by atoms with Crippen LogP contribution in [-0.2, 0) is 18.9 Å². The van der Waals surface area contributed by atoms with Crippen molar-refractivity contribution in [3.63, 3.8) is 0 Å². The minimum Gasteiger partial charge on any atom is -0.351 e. The van der Waals surface area contributed by atoms with Gasteiger partial charge in [0.05, 0.1) is 11.6 Å². The lowest BCUT2D eigenvalue weighted by atomic mass is 10.2. The van der Waals surface area contributed by atoms with Crippen LogP contribution in [0.1, 0.15) is 16.5 Å². The highest BCUT2D eigenvalue weighted by Crippen LogP contribution is 2.22. The smallest absolute Gasteiger partial charge is 0.330 e. The predicted octanol–water partition coefficient (Wildman–Crippen LogP) is 0.578. The fraction of sp³-hybridized carbons (Fsp3) is 0.353. The van der Waals surface area contributed by atoms with Gasteiger partial charge in [-0.05, 0) is 31.6 Å². The maximum absolute atomic E-state index is 12.1. The lowest BCUT2D eigenvalue weighted by Gasteiger charge is -2.23. The van der Waals surface area contributed by atoms with Crippen LogP contribution in [0.2, 0.25) is 0 Å². The molecule has 0 saturated heterocycles. The van der Waals surface area contributed by atoms with E-state index in [1.54, 1.807) is 18.4 Å². The van der Waals surface area contributed by atoms with E-state index in [-0.39, 0.29) is 17.5 Å². The van der Waals surface area contributed by atoms with E-state index in [1.807, 2.05) is 36.5 Å². The van der Waals surface area contributed by atoms with Gasteiger partial charge >= 0.3 is 5.69 Å². The normalized spacial score (nSPS) is 12.7. The van der Waals surface area contributed by atoms with E-state index < -0.39 is 11.2 Å². The number of rotatable bonds is 6. The first-order chi connectivity index (χ1) is 11.8. The van der Waals surface area contributed by atoms with Crippen LogP contribution in [0.25, 0.3) is 6.08 Å². The molecule has 2 aromatic heterocycles. The van der Waals surface area contributed by atoms with Crippen molar-refractivity contribution in [2.24, 2.45) is 14.1 Å². The highest BCUT2D eigenvalue weighted by atomic mass is 32.1. The Morgan fingerprint density at radius 1 is 1.36 bits per heavy atom. The highest BCUT2D eigenvalue weighted by Gasteiger charge is 2.15. The number of nitrogens with one attached hydrogen (secondary N) is 1. The van der Waals surface area contributed by atoms with E-state index in [2.05, 4.69) is 5.32 Å². The molecule has 7 nitrogen and oxygen atoms in total. The van der Waals surface area contributed by atoms with Crippen LogP contribution in [0.5, 0.6) is 0 Å². The molecule has 0 radical (unpaired) electrons. The minimum absolute atomic E-state index is 0.0859. The molecule has 0 bridgehead atoms. The number of amides is 1. The van der Waals surface area contributed by atoms with Crippen LogP contribution in [0, 0.1) is 0 Å². The highest BCUT2D eigenvalue weighted by molar-refractivity contribution is 7.10. The Bertz CT molecular complexity index is 878. The quantitative estimate of drug-likeness (QED) is 0.763. The molecule has 1 amide bonds. The van der Waals surface area contributed by atoms with Crippen LogP contribution in [0.3, 0.4) is 0 Å². The molecule has 0 aromatic carbocycles. The number of hydrogen-bond donors (Lipinski definition) is 1. The van der Waals surface area contributed by atoms with E-state index in [0.717, 1.165) is 4.57 Å². The Morgan fingerprint density at radius 2 is 2.08 bits per heavy atom. The Labute approximate surface area is 149 Å². The fourth-order valence-electron chi connectivity index (χ4n) is 2.39. The molecule has 2 aromatic rings. The van der Waals surface area contributed by atoms with Crippen LogP contribution in [-0.4, -0.2) is 40.6 Å². The molecule has 0 aliphatic heterocycles.